The molecule has 0 saturated heterocycles. The highest BCUT2D eigenvalue weighted by atomic mass is 32.2. The van der Waals surface area contributed by atoms with E-state index >= 15 is 0 Å². The zero-order chi connectivity index (χ0) is 12.8. The highest BCUT2D eigenvalue weighted by Gasteiger charge is 2.17. The van der Waals surface area contributed by atoms with Crippen molar-refractivity contribution in [3.8, 4) is 0 Å². The second-order valence-electron chi connectivity index (χ2n) is 3.49. The zero-order valence-electron chi connectivity index (χ0n) is 9.47. The van der Waals surface area contributed by atoms with Crippen LogP contribution in [0.25, 0.3) is 0 Å². The second kappa shape index (κ2) is 6.47. The van der Waals surface area contributed by atoms with Gasteiger partial charge in [0.15, 0.2) is 9.84 Å². The Hall–Kier alpha value is -1.11. The molecule has 0 saturated carbocycles. The number of hydrogen-bond acceptors (Lipinski definition) is 4. The highest BCUT2D eigenvalue weighted by Crippen LogP contribution is 1.97. The largest absolute Gasteiger partial charge is 0.481 e. The number of carboxylic acid groups (broad SMARTS) is 1. The van der Waals surface area contributed by atoms with Gasteiger partial charge in [0.1, 0.15) is 5.75 Å². The molecule has 0 heterocycles. The molecule has 0 aliphatic heterocycles. The molecule has 0 rings (SSSR count). The second-order valence-corrected chi connectivity index (χ2v) is 5.84. The van der Waals surface area contributed by atoms with Crippen LogP contribution in [0, 0.1) is 0 Å². The van der Waals surface area contributed by atoms with Gasteiger partial charge in [-0.2, -0.15) is 0 Å². The molecule has 0 unspecified atom stereocenters. The number of amides is 1. The summed E-state index contributed by atoms with van der Waals surface area (Å²) in [6.07, 6.45) is 0.294. The number of sulfone groups is 1. The van der Waals surface area contributed by atoms with Crippen LogP contribution in [0.5, 0.6) is 0 Å². The third kappa shape index (κ3) is 6.39. The van der Waals surface area contributed by atoms with Gasteiger partial charge in [0.25, 0.3) is 0 Å². The van der Waals surface area contributed by atoms with Gasteiger partial charge in [-0.25, -0.2) is 8.42 Å². The van der Waals surface area contributed by atoms with E-state index in [1.807, 2.05) is 0 Å². The van der Waals surface area contributed by atoms with Crippen LogP contribution >= 0.6 is 0 Å². The van der Waals surface area contributed by atoms with Crippen molar-refractivity contribution in [3.05, 3.63) is 0 Å². The van der Waals surface area contributed by atoms with Gasteiger partial charge in [0.05, 0.1) is 0 Å². The molecule has 0 atom stereocenters. The monoisotopic (exact) mass is 251 g/mol. The fraction of sp³-hybridized carbons (Fsp3) is 0.778. The molecule has 0 aliphatic carbocycles. The summed E-state index contributed by atoms with van der Waals surface area (Å²) < 4.78 is 22.3. The first kappa shape index (κ1) is 14.9. The fourth-order valence-electron chi connectivity index (χ4n) is 0.993. The summed E-state index contributed by atoms with van der Waals surface area (Å²) in [7, 11) is -1.85. The van der Waals surface area contributed by atoms with Crippen LogP contribution in [0.4, 0.5) is 0 Å². The molecular formula is C9H17NO5S. The van der Waals surface area contributed by atoms with Gasteiger partial charge in [0, 0.05) is 25.8 Å². The maximum absolute atomic E-state index is 11.4. The van der Waals surface area contributed by atoms with Gasteiger partial charge in [0.2, 0.25) is 5.91 Å². The first-order chi connectivity index (χ1) is 7.28. The summed E-state index contributed by atoms with van der Waals surface area (Å²) in [5.74, 6) is -2.00. The Morgan fingerprint density at radius 3 is 2.31 bits per heavy atom. The van der Waals surface area contributed by atoms with Crippen molar-refractivity contribution in [2.75, 3.05) is 25.1 Å². The number of carbonyl (C=O) groups is 2. The van der Waals surface area contributed by atoms with E-state index in [1.165, 1.54) is 18.9 Å². The van der Waals surface area contributed by atoms with Gasteiger partial charge in [-0.05, 0) is 6.42 Å². The maximum Gasteiger partial charge on any atom is 0.303 e. The standard InChI is InChI=1S/C9H17NO5S/c1-3-16(14,15)7-8(11)10(2)6-4-5-9(12)13/h3-7H2,1-2H3,(H,12,13). The van der Waals surface area contributed by atoms with E-state index in [0.29, 0.717) is 6.42 Å². The Morgan fingerprint density at radius 2 is 1.88 bits per heavy atom. The van der Waals surface area contributed by atoms with Crippen molar-refractivity contribution in [1.82, 2.24) is 4.90 Å². The van der Waals surface area contributed by atoms with E-state index in [1.54, 1.807) is 0 Å². The molecule has 6 nitrogen and oxygen atoms in total. The van der Waals surface area contributed by atoms with Gasteiger partial charge in [-0.3, -0.25) is 9.59 Å². The van der Waals surface area contributed by atoms with Gasteiger partial charge < -0.3 is 10.0 Å². The summed E-state index contributed by atoms with van der Waals surface area (Å²) in [6, 6.07) is 0. The van der Waals surface area contributed by atoms with Crippen LogP contribution in [0.15, 0.2) is 0 Å². The van der Waals surface area contributed by atoms with Crippen molar-refractivity contribution in [3.63, 3.8) is 0 Å². The van der Waals surface area contributed by atoms with E-state index in [9.17, 15) is 18.0 Å². The molecule has 1 N–H and O–H groups in total. The minimum absolute atomic E-state index is 0.0296. The van der Waals surface area contributed by atoms with E-state index in [0.717, 1.165) is 0 Å². The molecule has 94 valence electrons. The first-order valence-corrected chi connectivity index (χ1v) is 6.77. The molecular weight excluding hydrogens is 234 g/mol. The lowest BCUT2D eigenvalue weighted by molar-refractivity contribution is -0.137. The van der Waals surface area contributed by atoms with E-state index in [4.69, 9.17) is 5.11 Å². The Morgan fingerprint density at radius 1 is 1.31 bits per heavy atom. The number of hydrogen-bond donors (Lipinski definition) is 1. The van der Waals surface area contributed by atoms with Crippen molar-refractivity contribution in [2.45, 2.75) is 19.8 Å². The summed E-state index contributed by atoms with van der Waals surface area (Å²) in [5, 5.41) is 8.39. The molecule has 7 heteroatoms. The molecule has 0 aromatic rings. The summed E-state index contributed by atoms with van der Waals surface area (Å²) in [5.41, 5.74) is 0. The molecule has 0 fully saturated rings. The maximum atomic E-state index is 11.4. The third-order valence-corrected chi connectivity index (χ3v) is 3.66. The van der Waals surface area contributed by atoms with E-state index in [-0.39, 0.29) is 18.7 Å². The third-order valence-electron chi connectivity index (χ3n) is 2.09. The van der Waals surface area contributed by atoms with Crippen LogP contribution in [0.3, 0.4) is 0 Å². The number of nitrogens with zero attached hydrogens (tertiary/aromatic N) is 1. The number of carboxylic acids is 1. The highest BCUT2D eigenvalue weighted by molar-refractivity contribution is 7.92. The SMILES string of the molecule is CCS(=O)(=O)CC(=O)N(C)CCCC(=O)O. The Bertz CT molecular complexity index is 349. The van der Waals surface area contributed by atoms with Crippen LogP contribution in [0.2, 0.25) is 0 Å². The van der Waals surface area contributed by atoms with Crippen molar-refractivity contribution < 1.29 is 23.1 Å². The first-order valence-electron chi connectivity index (χ1n) is 4.94. The normalized spacial score (nSPS) is 11.1. The Kier molecular flexibility index (Phi) is 6.02. The minimum atomic E-state index is -3.31. The summed E-state index contributed by atoms with van der Waals surface area (Å²) in [4.78, 5) is 22.9. The number of carbonyl (C=O) groups excluding carboxylic acids is 1. The molecule has 0 radical (unpaired) electrons. The lowest BCUT2D eigenvalue weighted by Gasteiger charge is -2.16. The molecule has 16 heavy (non-hydrogen) atoms. The fourth-order valence-corrected chi connectivity index (χ4v) is 1.79. The molecule has 0 aliphatic rings. The predicted octanol–water partition coefficient (Wildman–Crippen LogP) is -0.256. The zero-order valence-corrected chi connectivity index (χ0v) is 10.3. The van der Waals surface area contributed by atoms with E-state index < -0.39 is 27.5 Å². The topological polar surface area (TPSA) is 91.8 Å². The van der Waals surface area contributed by atoms with Crippen molar-refractivity contribution in [2.24, 2.45) is 0 Å². The van der Waals surface area contributed by atoms with Crippen molar-refractivity contribution in [1.29, 1.82) is 0 Å². The number of rotatable bonds is 7. The molecule has 0 bridgehead atoms. The minimum Gasteiger partial charge on any atom is -0.481 e. The average molecular weight is 251 g/mol. The smallest absolute Gasteiger partial charge is 0.303 e. The summed E-state index contributed by atoms with van der Waals surface area (Å²) in [6.45, 7) is 1.73. The van der Waals surface area contributed by atoms with Crippen LogP contribution in [0.1, 0.15) is 19.8 Å². The summed E-state index contributed by atoms with van der Waals surface area (Å²) >= 11 is 0. The Balaban J connectivity index is 4.05. The number of aliphatic carboxylic acids is 1. The van der Waals surface area contributed by atoms with E-state index in [2.05, 4.69) is 0 Å². The molecule has 0 spiro atoms. The lowest BCUT2D eigenvalue weighted by Crippen LogP contribution is -2.33. The average Bonchev–Trinajstić information content (AvgIpc) is 2.16. The van der Waals surface area contributed by atoms with Crippen LogP contribution in [-0.2, 0) is 19.4 Å². The quantitative estimate of drug-likeness (QED) is 0.673. The van der Waals surface area contributed by atoms with Crippen LogP contribution in [-0.4, -0.2) is 55.4 Å². The van der Waals surface area contributed by atoms with Gasteiger partial charge in [-0.1, -0.05) is 6.92 Å². The molecule has 0 aromatic heterocycles. The van der Waals surface area contributed by atoms with Crippen LogP contribution < -0.4 is 0 Å². The van der Waals surface area contributed by atoms with Gasteiger partial charge in [-0.15, -0.1) is 0 Å². The molecule has 1 amide bonds. The Labute approximate surface area is 95.2 Å². The predicted molar refractivity (Wildman–Crippen MR) is 58.8 cm³/mol. The van der Waals surface area contributed by atoms with Crippen molar-refractivity contribution >= 4 is 21.7 Å². The molecule has 0 aromatic carbocycles. The lowest BCUT2D eigenvalue weighted by atomic mass is 10.3. The van der Waals surface area contributed by atoms with Gasteiger partial charge >= 0.3 is 5.97 Å².